The molecule has 2 heterocycles. The predicted octanol–water partition coefficient (Wildman–Crippen LogP) is 0.727. The van der Waals surface area contributed by atoms with E-state index < -0.39 is 24.0 Å². The lowest BCUT2D eigenvalue weighted by atomic mass is 10.2. The van der Waals surface area contributed by atoms with Crippen LogP contribution in [0.2, 0.25) is 0 Å². The molecule has 0 bridgehead atoms. The Hall–Kier alpha value is -3.03. The van der Waals surface area contributed by atoms with Gasteiger partial charge in [-0.25, -0.2) is 9.59 Å². The molecule has 1 aliphatic rings. The smallest absolute Gasteiger partial charge is 0.338 e. The summed E-state index contributed by atoms with van der Waals surface area (Å²) in [5, 5.41) is 2.52. The van der Waals surface area contributed by atoms with E-state index in [1.54, 1.807) is 24.4 Å². The molecule has 1 saturated heterocycles. The third-order valence-corrected chi connectivity index (χ3v) is 3.46. The van der Waals surface area contributed by atoms with Gasteiger partial charge >= 0.3 is 12.0 Å². The van der Waals surface area contributed by atoms with E-state index in [0.29, 0.717) is 17.6 Å². The highest BCUT2D eigenvalue weighted by Crippen LogP contribution is 2.13. The molecular weight excluding hydrogens is 300 g/mol. The van der Waals surface area contributed by atoms with Gasteiger partial charge in [-0.3, -0.25) is 19.7 Å². The van der Waals surface area contributed by atoms with Crippen molar-refractivity contribution in [1.82, 2.24) is 20.2 Å². The molecule has 3 amide bonds. The summed E-state index contributed by atoms with van der Waals surface area (Å²) in [4.78, 5) is 45.0. The standard InChI is InChI=1S/C15H14N4O4/c1-9(13(20)19-7-6-18-15(19)22)23-14(21)10-2-3-11-12(8-10)17-5-4-16-11/h2-5,8-9H,6-7H2,1H3,(H,18,22)/t9-/m1/s1. The monoisotopic (exact) mass is 314 g/mol. The van der Waals surface area contributed by atoms with Gasteiger partial charge in [-0.2, -0.15) is 0 Å². The lowest BCUT2D eigenvalue weighted by molar-refractivity contribution is -0.136. The molecule has 0 spiro atoms. The Bertz CT molecular complexity index is 792. The highest BCUT2D eigenvalue weighted by molar-refractivity contribution is 6.00. The second kappa shape index (κ2) is 5.99. The number of carbonyl (C=O) groups is 3. The van der Waals surface area contributed by atoms with E-state index in [-0.39, 0.29) is 12.1 Å². The van der Waals surface area contributed by atoms with Gasteiger partial charge in [0, 0.05) is 25.5 Å². The van der Waals surface area contributed by atoms with E-state index in [1.807, 2.05) is 0 Å². The highest BCUT2D eigenvalue weighted by Gasteiger charge is 2.31. The minimum atomic E-state index is -1.05. The van der Waals surface area contributed by atoms with Gasteiger partial charge in [0.05, 0.1) is 16.6 Å². The number of nitrogens with zero attached hydrogens (tertiary/aromatic N) is 3. The van der Waals surface area contributed by atoms with Crippen molar-refractivity contribution in [3.63, 3.8) is 0 Å². The second-order valence-electron chi connectivity index (χ2n) is 5.03. The summed E-state index contributed by atoms with van der Waals surface area (Å²) < 4.78 is 5.15. The maximum Gasteiger partial charge on any atom is 0.338 e. The number of fused-ring (bicyclic) bond motifs is 1. The highest BCUT2D eigenvalue weighted by atomic mass is 16.5. The predicted molar refractivity (Wildman–Crippen MR) is 79.5 cm³/mol. The molecule has 0 saturated carbocycles. The Morgan fingerprint density at radius 2 is 2.00 bits per heavy atom. The Balaban J connectivity index is 1.72. The Labute approximate surface area is 131 Å². The largest absolute Gasteiger partial charge is 0.449 e. The molecular formula is C15H14N4O4. The lowest BCUT2D eigenvalue weighted by Gasteiger charge is -2.18. The number of rotatable bonds is 3. The van der Waals surface area contributed by atoms with Crippen molar-refractivity contribution in [2.24, 2.45) is 0 Å². The third kappa shape index (κ3) is 2.96. The first kappa shape index (κ1) is 14.9. The topological polar surface area (TPSA) is 101 Å². The Kier molecular flexibility index (Phi) is 3.88. The zero-order valence-corrected chi connectivity index (χ0v) is 12.4. The van der Waals surface area contributed by atoms with Crippen LogP contribution in [-0.4, -0.2) is 52.0 Å². The first-order chi connectivity index (χ1) is 11.1. The fraction of sp³-hybridized carbons (Fsp3) is 0.267. The Morgan fingerprint density at radius 1 is 1.26 bits per heavy atom. The molecule has 118 valence electrons. The quantitative estimate of drug-likeness (QED) is 0.838. The Morgan fingerprint density at radius 3 is 2.70 bits per heavy atom. The number of amides is 3. The van der Waals surface area contributed by atoms with Crippen LogP contribution in [0.3, 0.4) is 0 Å². The minimum absolute atomic E-state index is 0.267. The van der Waals surface area contributed by atoms with Crippen molar-refractivity contribution in [2.45, 2.75) is 13.0 Å². The van der Waals surface area contributed by atoms with Crippen LogP contribution in [0.5, 0.6) is 0 Å². The zero-order chi connectivity index (χ0) is 16.4. The molecule has 8 nitrogen and oxygen atoms in total. The number of benzene rings is 1. The van der Waals surface area contributed by atoms with Crippen LogP contribution < -0.4 is 5.32 Å². The average molecular weight is 314 g/mol. The zero-order valence-electron chi connectivity index (χ0n) is 12.4. The van der Waals surface area contributed by atoms with Gasteiger partial charge in [-0.1, -0.05) is 0 Å². The molecule has 3 rings (SSSR count). The van der Waals surface area contributed by atoms with Crippen molar-refractivity contribution >= 4 is 28.9 Å². The number of urea groups is 1. The fourth-order valence-electron chi connectivity index (χ4n) is 2.27. The van der Waals surface area contributed by atoms with Crippen LogP contribution in [0.15, 0.2) is 30.6 Å². The minimum Gasteiger partial charge on any atom is -0.449 e. The van der Waals surface area contributed by atoms with Crippen LogP contribution in [0.25, 0.3) is 11.0 Å². The van der Waals surface area contributed by atoms with Crippen molar-refractivity contribution in [2.75, 3.05) is 13.1 Å². The van der Waals surface area contributed by atoms with Gasteiger partial charge in [-0.15, -0.1) is 0 Å². The molecule has 0 radical (unpaired) electrons. The molecule has 1 atom stereocenters. The van der Waals surface area contributed by atoms with E-state index in [1.165, 1.54) is 13.1 Å². The number of carbonyl (C=O) groups excluding carboxylic acids is 3. The van der Waals surface area contributed by atoms with Crippen molar-refractivity contribution in [3.05, 3.63) is 36.2 Å². The van der Waals surface area contributed by atoms with Crippen LogP contribution in [0.1, 0.15) is 17.3 Å². The van der Waals surface area contributed by atoms with E-state index in [0.717, 1.165) is 4.90 Å². The molecule has 1 aromatic heterocycles. The SMILES string of the molecule is C[C@@H](OC(=O)c1ccc2nccnc2c1)C(=O)N1CCNC1=O. The van der Waals surface area contributed by atoms with Gasteiger partial charge in [0.25, 0.3) is 5.91 Å². The summed E-state index contributed by atoms with van der Waals surface area (Å²) in [6, 6.07) is 4.28. The van der Waals surface area contributed by atoms with Gasteiger partial charge in [0.15, 0.2) is 6.10 Å². The number of nitrogens with one attached hydrogen (secondary N) is 1. The number of hydrogen-bond donors (Lipinski definition) is 1. The third-order valence-electron chi connectivity index (χ3n) is 3.46. The van der Waals surface area contributed by atoms with Crippen LogP contribution in [0, 0.1) is 0 Å². The van der Waals surface area contributed by atoms with Crippen molar-refractivity contribution in [3.8, 4) is 0 Å². The summed E-state index contributed by atoms with van der Waals surface area (Å²) >= 11 is 0. The molecule has 8 heteroatoms. The van der Waals surface area contributed by atoms with Gasteiger partial charge in [-0.05, 0) is 25.1 Å². The number of ether oxygens (including phenoxy) is 1. The second-order valence-corrected chi connectivity index (χ2v) is 5.03. The van der Waals surface area contributed by atoms with Crippen LogP contribution in [-0.2, 0) is 9.53 Å². The maximum absolute atomic E-state index is 12.2. The normalized spacial score (nSPS) is 15.3. The number of aromatic nitrogens is 2. The number of esters is 1. The molecule has 1 aliphatic heterocycles. The summed E-state index contributed by atoms with van der Waals surface area (Å²) in [7, 11) is 0. The first-order valence-electron chi connectivity index (χ1n) is 7.07. The van der Waals surface area contributed by atoms with Crippen LogP contribution in [0.4, 0.5) is 4.79 Å². The fourth-order valence-corrected chi connectivity index (χ4v) is 2.27. The van der Waals surface area contributed by atoms with Crippen LogP contribution >= 0.6 is 0 Å². The first-order valence-corrected chi connectivity index (χ1v) is 7.07. The lowest BCUT2D eigenvalue weighted by Crippen LogP contribution is -2.41. The van der Waals surface area contributed by atoms with E-state index >= 15 is 0 Å². The average Bonchev–Trinajstić information content (AvgIpc) is 2.99. The van der Waals surface area contributed by atoms with E-state index in [2.05, 4.69) is 15.3 Å². The van der Waals surface area contributed by atoms with E-state index in [9.17, 15) is 14.4 Å². The molecule has 1 fully saturated rings. The summed E-state index contributed by atoms with van der Waals surface area (Å²) in [5.74, 6) is -1.20. The van der Waals surface area contributed by atoms with Gasteiger partial charge in [0.2, 0.25) is 0 Å². The summed E-state index contributed by atoms with van der Waals surface area (Å²) in [5.41, 5.74) is 1.48. The molecule has 0 unspecified atom stereocenters. The van der Waals surface area contributed by atoms with Crippen molar-refractivity contribution < 1.29 is 19.1 Å². The maximum atomic E-state index is 12.2. The number of hydrogen-bond acceptors (Lipinski definition) is 6. The van der Waals surface area contributed by atoms with Gasteiger partial charge < -0.3 is 10.1 Å². The molecule has 2 aromatic rings. The van der Waals surface area contributed by atoms with E-state index in [4.69, 9.17) is 4.74 Å². The van der Waals surface area contributed by atoms with Gasteiger partial charge in [0.1, 0.15) is 0 Å². The molecule has 1 N–H and O–H groups in total. The molecule has 0 aliphatic carbocycles. The molecule has 1 aromatic carbocycles. The molecule has 23 heavy (non-hydrogen) atoms. The summed E-state index contributed by atoms with van der Waals surface area (Å²) in [6.45, 7) is 2.10. The number of imide groups is 1. The van der Waals surface area contributed by atoms with Crippen molar-refractivity contribution in [1.29, 1.82) is 0 Å². The summed E-state index contributed by atoms with van der Waals surface area (Å²) in [6.07, 6.45) is 2.03.